The number of nitrogens with two attached hydrogens (primary N) is 1. The smallest absolute Gasteiger partial charge is 0.221 e. The lowest BCUT2D eigenvalue weighted by atomic mass is 10.1. The van der Waals surface area contributed by atoms with Crippen molar-refractivity contribution in [2.75, 3.05) is 31.3 Å². The Bertz CT molecular complexity index is 450. The first-order valence-corrected chi connectivity index (χ1v) is 5.30. The highest BCUT2D eigenvalue weighted by Crippen LogP contribution is 2.20. The Labute approximate surface area is 101 Å². The largest absolute Gasteiger partial charge is 0.398 e. The van der Waals surface area contributed by atoms with Crippen LogP contribution in [0.5, 0.6) is 0 Å². The zero-order chi connectivity index (χ0) is 12.8. The van der Waals surface area contributed by atoms with Crippen LogP contribution in [0.1, 0.15) is 12.0 Å². The molecule has 1 amide bonds. The highest BCUT2D eigenvalue weighted by Gasteiger charge is 2.06. The molecule has 0 atom stereocenters. The van der Waals surface area contributed by atoms with Crippen LogP contribution < -0.4 is 16.0 Å². The lowest BCUT2D eigenvalue weighted by Crippen LogP contribution is -2.26. The fourth-order valence-electron chi connectivity index (χ4n) is 1.41. The molecule has 5 heteroatoms. The Morgan fingerprint density at radius 3 is 2.82 bits per heavy atom. The van der Waals surface area contributed by atoms with Gasteiger partial charge in [-0.2, -0.15) is 5.26 Å². The molecule has 3 N–H and O–H groups in total. The van der Waals surface area contributed by atoms with Gasteiger partial charge in [0.25, 0.3) is 0 Å². The molecule has 0 aliphatic carbocycles. The molecule has 0 saturated carbocycles. The number of anilines is 2. The predicted molar refractivity (Wildman–Crippen MR) is 67.5 cm³/mol. The van der Waals surface area contributed by atoms with Crippen molar-refractivity contribution in [3.63, 3.8) is 0 Å². The van der Waals surface area contributed by atoms with Crippen LogP contribution in [0.15, 0.2) is 18.2 Å². The molecule has 1 aromatic rings. The molecule has 0 spiro atoms. The van der Waals surface area contributed by atoms with Gasteiger partial charge in [-0.25, -0.2) is 0 Å². The van der Waals surface area contributed by atoms with Gasteiger partial charge in [-0.1, -0.05) is 0 Å². The number of rotatable bonds is 4. The van der Waals surface area contributed by atoms with Crippen LogP contribution in [-0.2, 0) is 4.79 Å². The zero-order valence-electron chi connectivity index (χ0n) is 10.0. The number of nitrogens with one attached hydrogen (secondary N) is 1. The average molecular weight is 232 g/mol. The van der Waals surface area contributed by atoms with Crippen LogP contribution in [0.3, 0.4) is 0 Å². The normalized spacial score (nSPS) is 9.47. The number of carbonyl (C=O) groups excluding carboxylic acids is 1. The summed E-state index contributed by atoms with van der Waals surface area (Å²) in [6.07, 6.45) is 0.424. The van der Waals surface area contributed by atoms with E-state index in [1.807, 2.05) is 24.1 Å². The highest BCUT2D eigenvalue weighted by molar-refractivity contribution is 5.76. The Morgan fingerprint density at radius 1 is 1.59 bits per heavy atom. The summed E-state index contributed by atoms with van der Waals surface area (Å²) in [6, 6.07) is 7.25. The number of hydrogen-bond acceptors (Lipinski definition) is 4. The van der Waals surface area contributed by atoms with E-state index in [0.29, 0.717) is 24.2 Å². The summed E-state index contributed by atoms with van der Waals surface area (Å²) in [5.74, 6) is -0.00142. The minimum absolute atomic E-state index is 0.00142. The molecule has 1 rings (SSSR count). The quantitative estimate of drug-likeness (QED) is 0.749. The molecule has 0 unspecified atom stereocenters. The van der Waals surface area contributed by atoms with Crippen LogP contribution in [0.25, 0.3) is 0 Å². The lowest BCUT2D eigenvalue weighted by Gasteiger charge is -2.19. The van der Waals surface area contributed by atoms with Crippen molar-refractivity contribution in [3.8, 4) is 6.07 Å². The van der Waals surface area contributed by atoms with Crippen molar-refractivity contribution in [2.45, 2.75) is 6.42 Å². The van der Waals surface area contributed by atoms with Crippen molar-refractivity contribution in [3.05, 3.63) is 23.8 Å². The predicted octanol–water partition coefficient (Wildman–Crippen LogP) is 0.713. The third-order valence-electron chi connectivity index (χ3n) is 2.55. The SMILES string of the molecule is CNC(=O)CCN(C)c1ccc(C#N)c(N)c1. The molecule has 0 heterocycles. The Kier molecular flexibility index (Phi) is 4.35. The minimum Gasteiger partial charge on any atom is -0.398 e. The summed E-state index contributed by atoms with van der Waals surface area (Å²) < 4.78 is 0. The van der Waals surface area contributed by atoms with E-state index >= 15 is 0 Å². The van der Waals surface area contributed by atoms with Gasteiger partial charge < -0.3 is 16.0 Å². The van der Waals surface area contributed by atoms with E-state index in [4.69, 9.17) is 11.0 Å². The highest BCUT2D eigenvalue weighted by atomic mass is 16.1. The first-order chi connectivity index (χ1) is 8.08. The molecule has 0 radical (unpaired) electrons. The zero-order valence-corrected chi connectivity index (χ0v) is 10.0. The lowest BCUT2D eigenvalue weighted by molar-refractivity contribution is -0.120. The second kappa shape index (κ2) is 5.75. The fourth-order valence-corrected chi connectivity index (χ4v) is 1.41. The van der Waals surface area contributed by atoms with Crippen molar-refractivity contribution < 1.29 is 4.79 Å². The van der Waals surface area contributed by atoms with Crippen LogP contribution >= 0.6 is 0 Å². The van der Waals surface area contributed by atoms with E-state index in [-0.39, 0.29) is 5.91 Å². The van der Waals surface area contributed by atoms with E-state index in [9.17, 15) is 4.79 Å². The summed E-state index contributed by atoms with van der Waals surface area (Å²) >= 11 is 0. The average Bonchev–Trinajstić information content (AvgIpc) is 2.35. The van der Waals surface area contributed by atoms with Crippen LogP contribution in [0.2, 0.25) is 0 Å². The number of nitrogen functional groups attached to an aromatic ring is 1. The minimum atomic E-state index is -0.00142. The third kappa shape index (κ3) is 3.38. The molecule has 5 nitrogen and oxygen atoms in total. The standard InChI is InChI=1S/C12H16N4O/c1-15-12(17)5-6-16(2)10-4-3-9(8-13)11(14)7-10/h3-4,7H,5-6,14H2,1-2H3,(H,15,17). The summed E-state index contributed by atoms with van der Waals surface area (Å²) in [7, 11) is 3.49. The summed E-state index contributed by atoms with van der Waals surface area (Å²) in [4.78, 5) is 13.0. The second-order valence-electron chi connectivity index (χ2n) is 3.73. The Hall–Kier alpha value is -2.22. The molecule has 90 valence electrons. The monoisotopic (exact) mass is 232 g/mol. The molecule has 0 aliphatic rings. The molecule has 0 fully saturated rings. The Balaban J connectivity index is 2.70. The van der Waals surface area contributed by atoms with Gasteiger partial charge in [0.05, 0.1) is 11.3 Å². The van der Waals surface area contributed by atoms with Gasteiger partial charge in [-0.3, -0.25) is 4.79 Å². The van der Waals surface area contributed by atoms with Gasteiger partial charge in [-0.15, -0.1) is 0 Å². The van der Waals surface area contributed by atoms with Gasteiger partial charge in [0.15, 0.2) is 0 Å². The van der Waals surface area contributed by atoms with Crippen molar-refractivity contribution in [1.29, 1.82) is 5.26 Å². The number of carbonyl (C=O) groups is 1. The summed E-state index contributed by atoms with van der Waals surface area (Å²) in [6.45, 7) is 0.602. The fraction of sp³-hybridized carbons (Fsp3) is 0.333. The number of hydrogen-bond donors (Lipinski definition) is 2. The van der Waals surface area contributed by atoms with E-state index in [1.165, 1.54) is 0 Å². The topological polar surface area (TPSA) is 82.2 Å². The molecule has 0 bridgehead atoms. The van der Waals surface area contributed by atoms with Gasteiger partial charge in [0.1, 0.15) is 6.07 Å². The second-order valence-corrected chi connectivity index (χ2v) is 3.73. The van der Waals surface area contributed by atoms with Crippen molar-refractivity contribution >= 4 is 17.3 Å². The van der Waals surface area contributed by atoms with Crippen LogP contribution in [0.4, 0.5) is 11.4 Å². The van der Waals surface area contributed by atoms with Crippen LogP contribution in [-0.4, -0.2) is 26.5 Å². The number of amides is 1. The van der Waals surface area contributed by atoms with E-state index in [2.05, 4.69) is 5.32 Å². The number of nitrogens with zero attached hydrogens (tertiary/aromatic N) is 2. The van der Waals surface area contributed by atoms with E-state index in [0.717, 1.165) is 5.69 Å². The maximum absolute atomic E-state index is 11.1. The van der Waals surface area contributed by atoms with Crippen LogP contribution in [0, 0.1) is 11.3 Å². The third-order valence-corrected chi connectivity index (χ3v) is 2.55. The van der Waals surface area contributed by atoms with Gasteiger partial charge in [-0.05, 0) is 18.2 Å². The molecule has 0 aromatic heterocycles. The Morgan fingerprint density at radius 2 is 2.29 bits per heavy atom. The van der Waals surface area contributed by atoms with E-state index in [1.54, 1.807) is 19.2 Å². The van der Waals surface area contributed by atoms with Crippen molar-refractivity contribution in [2.24, 2.45) is 0 Å². The summed E-state index contributed by atoms with van der Waals surface area (Å²) in [5, 5.41) is 11.3. The first-order valence-electron chi connectivity index (χ1n) is 5.30. The molecule has 1 aromatic carbocycles. The van der Waals surface area contributed by atoms with E-state index < -0.39 is 0 Å². The molecule has 17 heavy (non-hydrogen) atoms. The number of benzene rings is 1. The number of nitriles is 1. The molecule has 0 aliphatic heterocycles. The molecule has 0 saturated heterocycles. The van der Waals surface area contributed by atoms with Gasteiger partial charge in [0, 0.05) is 32.7 Å². The maximum atomic E-state index is 11.1. The summed E-state index contributed by atoms with van der Waals surface area (Å²) in [5.41, 5.74) is 7.54. The van der Waals surface area contributed by atoms with Crippen molar-refractivity contribution in [1.82, 2.24) is 5.32 Å². The van der Waals surface area contributed by atoms with Gasteiger partial charge in [0.2, 0.25) is 5.91 Å². The molecular formula is C12H16N4O. The molecular weight excluding hydrogens is 216 g/mol. The van der Waals surface area contributed by atoms with Gasteiger partial charge >= 0.3 is 0 Å². The maximum Gasteiger partial charge on any atom is 0.221 e. The first kappa shape index (κ1) is 12.8.